The minimum atomic E-state index is -0.144. The Hall–Kier alpha value is -1.07. The first-order chi connectivity index (χ1) is 8.61. The molecule has 1 N–H and O–H groups in total. The number of benzene rings is 1. The summed E-state index contributed by atoms with van der Waals surface area (Å²) in [7, 11) is 0. The minimum absolute atomic E-state index is 0.00329. The number of carbonyl (C=O) groups is 1. The molecule has 1 aliphatic heterocycles. The van der Waals surface area contributed by atoms with Gasteiger partial charge in [-0.3, -0.25) is 4.79 Å². The van der Waals surface area contributed by atoms with Crippen molar-refractivity contribution in [3.63, 3.8) is 0 Å². The molecule has 4 nitrogen and oxygen atoms in total. The highest BCUT2D eigenvalue weighted by Crippen LogP contribution is 2.21. The predicted molar refractivity (Wildman–Crippen MR) is 72.1 cm³/mol. The summed E-state index contributed by atoms with van der Waals surface area (Å²) in [6.45, 7) is 3.04. The molecule has 2 atom stereocenters. The summed E-state index contributed by atoms with van der Waals surface area (Å²) in [6, 6.07) is 6.62. The summed E-state index contributed by atoms with van der Waals surface area (Å²) in [4.78, 5) is 14.1. The van der Waals surface area contributed by atoms with Crippen LogP contribution in [0.5, 0.6) is 5.75 Å². The predicted octanol–water partition coefficient (Wildman–Crippen LogP) is 2.02. The second kappa shape index (κ2) is 5.71. The van der Waals surface area contributed by atoms with E-state index in [2.05, 4.69) is 15.9 Å². The van der Waals surface area contributed by atoms with E-state index in [1.165, 1.54) is 6.07 Å². The van der Waals surface area contributed by atoms with Crippen LogP contribution < -0.4 is 0 Å². The molecule has 0 aromatic heterocycles. The number of para-hydroxylation sites is 1. The van der Waals surface area contributed by atoms with E-state index >= 15 is 0 Å². The van der Waals surface area contributed by atoms with Crippen molar-refractivity contribution in [2.75, 3.05) is 18.4 Å². The number of morpholine rings is 1. The number of hydrogen-bond acceptors (Lipinski definition) is 3. The molecule has 1 heterocycles. The summed E-state index contributed by atoms with van der Waals surface area (Å²) in [5, 5.41) is 10.4. The lowest BCUT2D eigenvalue weighted by Gasteiger charge is -2.36. The first kappa shape index (κ1) is 13.4. The Balaban J connectivity index is 2.16. The molecule has 0 saturated carbocycles. The average molecular weight is 314 g/mol. The summed E-state index contributed by atoms with van der Waals surface area (Å²) < 4.78 is 5.68. The number of ether oxygens (including phenoxy) is 1. The fraction of sp³-hybridized carbons (Fsp3) is 0.462. The molecular weight excluding hydrogens is 298 g/mol. The molecule has 2 rings (SSSR count). The van der Waals surface area contributed by atoms with Gasteiger partial charge >= 0.3 is 0 Å². The van der Waals surface area contributed by atoms with Gasteiger partial charge in [0.15, 0.2) is 0 Å². The normalized spacial score (nSPS) is 24.0. The Morgan fingerprint density at radius 1 is 1.50 bits per heavy atom. The zero-order valence-corrected chi connectivity index (χ0v) is 11.8. The average Bonchev–Trinajstić information content (AvgIpc) is 2.37. The molecule has 98 valence electrons. The lowest BCUT2D eigenvalue weighted by Crippen LogP contribution is -2.49. The van der Waals surface area contributed by atoms with Crippen molar-refractivity contribution in [3.8, 4) is 5.75 Å². The van der Waals surface area contributed by atoms with E-state index in [1.807, 2.05) is 6.92 Å². The van der Waals surface area contributed by atoms with Crippen molar-refractivity contribution in [1.29, 1.82) is 0 Å². The number of nitrogens with zero attached hydrogens (tertiary/aromatic N) is 1. The molecule has 0 bridgehead atoms. The monoisotopic (exact) mass is 313 g/mol. The third-order valence-electron chi connectivity index (χ3n) is 2.92. The molecule has 0 aliphatic carbocycles. The second-order valence-corrected chi connectivity index (χ2v) is 5.10. The standard InChI is InChI=1S/C13H16BrNO3/c1-9-7-15(8-10(6-14)18-9)13(17)11-4-2-3-5-12(11)16/h2-5,9-10,16H,6-8H2,1H3. The molecule has 0 radical (unpaired) electrons. The minimum Gasteiger partial charge on any atom is -0.507 e. The first-order valence-corrected chi connectivity index (χ1v) is 7.02. The Kier molecular flexibility index (Phi) is 4.24. The Bertz CT molecular complexity index is 438. The van der Waals surface area contributed by atoms with Crippen LogP contribution in [0.2, 0.25) is 0 Å². The molecule has 1 amide bonds. The van der Waals surface area contributed by atoms with Crippen LogP contribution in [0.3, 0.4) is 0 Å². The van der Waals surface area contributed by atoms with Crippen LogP contribution in [-0.2, 0) is 4.74 Å². The van der Waals surface area contributed by atoms with E-state index in [-0.39, 0.29) is 23.9 Å². The van der Waals surface area contributed by atoms with Crippen molar-refractivity contribution in [2.45, 2.75) is 19.1 Å². The van der Waals surface area contributed by atoms with Crippen molar-refractivity contribution in [2.24, 2.45) is 0 Å². The first-order valence-electron chi connectivity index (χ1n) is 5.90. The van der Waals surface area contributed by atoms with Crippen LogP contribution in [0.1, 0.15) is 17.3 Å². The Morgan fingerprint density at radius 2 is 2.22 bits per heavy atom. The summed E-state index contributed by atoms with van der Waals surface area (Å²) in [6.07, 6.45) is 0.0136. The number of amides is 1. The zero-order valence-electron chi connectivity index (χ0n) is 10.2. The number of phenolic OH excluding ortho intramolecular Hbond substituents is 1. The van der Waals surface area contributed by atoms with E-state index in [4.69, 9.17) is 4.74 Å². The van der Waals surface area contributed by atoms with Crippen LogP contribution in [-0.4, -0.2) is 46.5 Å². The molecule has 1 aromatic carbocycles. The van der Waals surface area contributed by atoms with E-state index < -0.39 is 0 Å². The fourth-order valence-corrected chi connectivity index (χ4v) is 2.48. The van der Waals surface area contributed by atoms with Gasteiger partial charge in [-0.05, 0) is 19.1 Å². The lowest BCUT2D eigenvalue weighted by atomic mass is 10.1. The van der Waals surface area contributed by atoms with Crippen LogP contribution in [0, 0.1) is 0 Å². The number of carbonyl (C=O) groups excluding carboxylic acids is 1. The molecule has 18 heavy (non-hydrogen) atoms. The van der Waals surface area contributed by atoms with Gasteiger partial charge in [-0.25, -0.2) is 0 Å². The molecule has 1 aliphatic rings. The van der Waals surface area contributed by atoms with E-state index in [0.29, 0.717) is 24.0 Å². The number of rotatable bonds is 2. The molecule has 5 heteroatoms. The number of alkyl halides is 1. The van der Waals surface area contributed by atoms with Crippen LogP contribution in [0.25, 0.3) is 0 Å². The topological polar surface area (TPSA) is 49.8 Å². The van der Waals surface area contributed by atoms with Crippen molar-refractivity contribution < 1.29 is 14.6 Å². The Morgan fingerprint density at radius 3 is 2.89 bits per heavy atom. The highest BCUT2D eigenvalue weighted by Gasteiger charge is 2.29. The summed E-state index contributed by atoms with van der Waals surface area (Å²) in [5.74, 6) is -0.119. The van der Waals surface area contributed by atoms with E-state index in [1.54, 1.807) is 23.1 Å². The molecular formula is C13H16BrNO3. The van der Waals surface area contributed by atoms with Gasteiger partial charge in [0.05, 0.1) is 17.8 Å². The number of hydrogen-bond donors (Lipinski definition) is 1. The van der Waals surface area contributed by atoms with Crippen LogP contribution in [0.15, 0.2) is 24.3 Å². The molecule has 1 fully saturated rings. The summed E-state index contributed by atoms with van der Waals surface area (Å²) in [5.41, 5.74) is 0.347. The maximum atomic E-state index is 12.3. The SMILES string of the molecule is CC1CN(C(=O)c2ccccc2O)CC(CBr)O1. The highest BCUT2D eigenvalue weighted by molar-refractivity contribution is 9.09. The second-order valence-electron chi connectivity index (χ2n) is 4.45. The van der Waals surface area contributed by atoms with E-state index in [9.17, 15) is 9.90 Å². The quantitative estimate of drug-likeness (QED) is 0.850. The van der Waals surface area contributed by atoms with Crippen LogP contribution >= 0.6 is 15.9 Å². The molecule has 2 unspecified atom stereocenters. The maximum absolute atomic E-state index is 12.3. The van der Waals surface area contributed by atoms with E-state index in [0.717, 1.165) is 0 Å². The van der Waals surface area contributed by atoms with Gasteiger partial charge in [0.25, 0.3) is 5.91 Å². The molecule has 0 spiro atoms. The van der Waals surface area contributed by atoms with Gasteiger partial charge in [-0.2, -0.15) is 0 Å². The van der Waals surface area contributed by atoms with Gasteiger partial charge in [0, 0.05) is 18.4 Å². The number of phenols is 1. The van der Waals surface area contributed by atoms with Gasteiger partial charge in [0.1, 0.15) is 5.75 Å². The van der Waals surface area contributed by atoms with Gasteiger partial charge < -0.3 is 14.7 Å². The number of halogens is 1. The van der Waals surface area contributed by atoms with Gasteiger partial charge in [-0.1, -0.05) is 28.1 Å². The molecule has 1 aromatic rings. The zero-order chi connectivity index (χ0) is 13.1. The molecule has 1 saturated heterocycles. The third-order valence-corrected chi connectivity index (χ3v) is 3.64. The third kappa shape index (κ3) is 2.84. The largest absolute Gasteiger partial charge is 0.507 e. The van der Waals surface area contributed by atoms with Crippen LogP contribution in [0.4, 0.5) is 0 Å². The number of aromatic hydroxyl groups is 1. The van der Waals surface area contributed by atoms with Crippen molar-refractivity contribution in [1.82, 2.24) is 4.90 Å². The maximum Gasteiger partial charge on any atom is 0.257 e. The summed E-state index contributed by atoms with van der Waals surface area (Å²) >= 11 is 3.37. The Labute approximate surface area is 115 Å². The van der Waals surface area contributed by atoms with Gasteiger partial charge in [-0.15, -0.1) is 0 Å². The smallest absolute Gasteiger partial charge is 0.257 e. The van der Waals surface area contributed by atoms with Gasteiger partial charge in [0.2, 0.25) is 0 Å². The lowest BCUT2D eigenvalue weighted by molar-refractivity contribution is -0.0560. The van der Waals surface area contributed by atoms with Crippen molar-refractivity contribution >= 4 is 21.8 Å². The highest BCUT2D eigenvalue weighted by atomic mass is 79.9. The van der Waals surface area contributed by atoms with Crippen molar-refractivity contribution in [3.05, 3.63) is 29.8 Å². The fourth-order valence-electron chi connectivity index (χ4n) is 2.12.